The summed E-state index contributed by atoms with van der Waals surface area (Å²) in [6.07, 6.45) is -0.406. The third kappa shape index (κ3) is 1.90. The zero-order valence-electron chi connectivity index (χ0n) is 9.00. The summed E-state index contributed by atoms with van der Waals surface area (Å²) in [5.41, 5.74) is 0. The Kier molecular flexibility index (Phi) is 3.11. The lowest BCUT2D eigenvalue weighted by Crippen LogP contribution is -2.52. The molecule has 0 saturated carbocycles. The summed E-state index contributed by atoms with van der Waals surface area (Å²) in [5, 5.41) is 19.7. The van der Waals surface area contributed by atoms with Crippen molar-refractivity contribution in [3.8, 4) is 0 Å². The van der Waals surface area contributed by atoms with Crippen molar-refractivity contribution in [2.24, 2.45) is 0 Å². The van der Waals surface area contributed by atoms with Crippen LogP contribution in [0.25, 0.3) is 0 Å². The van der Waals surface area contributed by atoms with Crippen LogP contribution in [0.2, 0.25) is 0 Å². The van der Waals surface area contributed by atoms with Gasteiger partial charge in [0.25, 0.3) is 0 Å². The van der Waals surface area contributed by atoms with Crippen LogP contribution in [0.4, 0.5) is 0 Å². The van der Waals surface area contributed by atoms with E-state index in [1.807, 2.05) is 0 Å². The predicted molar refractivity (Wildman–Crippen MR) is 53.9 cm³/mol. The van der Waals surface area contributed by atoms with E-state index in [4.69, 9.17) is 0 Å². The summed E-state index contributed by atoms with van der Waals surface area (Å²) in [6.45, 7) is 0.887. The molecule has 2 heterocycles. The first-order valence-corrected chi connectivity index (χ1v) is 5.56. The average molecular weight is 228 g/mol. The molecule has 6 heteroatoms. The Hall–Kier alpha value is -1.14. The summed E-state index contributed by atoms with van der Waals surface area (Å²) < 4.78 is 0. The molecule has 2 amide bonds. The number of hydrogen-bond acceptors (Lipinski definition) is 4. The minimum atomic E-state index is -1.29. The molecule has 0 unspecified atom stereocenters. The highest BCUT2D eigenvalue weighted by Gasteiger charge is 2.37. The van der Waals surface area contributed by atoms with Crippen molar-refractivity contribution in [1.82, 2.24) is 9.80 Å². The van der Waals surface area contributed by atoms with Gasteiger partial charge in [-0.3, -0.25) is 9.59 Å². The normalized spacial score (nSPS) is 25.4. The fourth-order valence-corrected chi connectivity index (χ4v) is 2.22. The number of hydrogen-bond donors (Lipinski definition) is 2. The molecule has 2 fully saturated rings. The molecule has 90 valence electrons. The van der Waals surface area contributed by atoms with Gasteiger partial charge in [-0.25, -0.2) is 0 Å². The molecule has 2 atom stereocenters. The lowest BCUT2D eigenvalue weighted by Gasteiger charge is -2.32. The average Bonchev–Trinajstić information content (AvgIpc) is 2.85. The van der Waals surface area contributed by atoms with E-state index in [0.29, 0.717) is 38.8 Å². The summed E-state index contributed by atoms with van der Waals surface area (Å²) >= 11 is 0. The highest BCUT2D eigenvalue weighted by atomic mass is 16.4. The van der Waals surface area contributed by atoms with Crippen LogP contribution in [0.3, 0.4) is 0 Å². The van der Waals surface area contributed by atoms with Crippen LogP contribution in [0, 0.1) is 0 Å². The second kappa shape index (κ2) is 4.39. The van der Waals surface area contributed by atoms with Gasteiger partial charge in [0.05, 0.1) is 0 Å². The number of carbonyl (C=O) groups excluding carboxylic acids is 2. The molecule has 0 aromatic heterocycles. The molecular formula is C10H16N2O4. The molecule has 0 bridgehead atoms. The number of aliphatic hydroxyl groups is 2. The van der Waals surface area contributed by atoms with Crippen molar-refractivity contribution in [1.29, 1.82) is 0 Å². The lowest BCUT2D eigenvalue weighted by atomic mass is 10.3. The van der Waals surface area contributed by atoms with E-state index in [-0.39, 0.29) is 11.8 Å². The van der Waals surface area contributed by atoms with E-state index in [1.165, 1.54) is 9.80 Å². The van der Waals surface area contributed by atoms with Crippen LogP contribution < -0.4 is 0 Å². The highest BCUT2D eigenvalue weighted by molar-refractivity contribution is 5.79. The summed E-state index contributed by atoms with van der Waals surface area (Å²) in [4.78, 5) is 25.2. The molecule has 0 aromatic rings. The van der Waals surface area contributed by atoms with Crippen molar-refractivity contribution in [3.05, 3.63) is 0 Å². The zero-order chi connectivity index (χ0) is 11.7. The maximum Gasteiger partial charge on any atom is 0.224 e. The number of aliphatic hydroxyl groups excluding tert-OH is 2. The monoisotopic (exact) mass is 228 g/mol. The number of nitrogens with zero attached hydrogens (tertiary/aromatic N) is 2. The molecule has 2 aliphatic rings. The van der Waals surface area contributed by atoms with Crippen LogP contribution in [-0.4, -0.2) is 57.4 Å². The van der Waals surface area contributed by atoms with Gasteiger partial charge in [-0.2, -0.15) is 0 Å². The summed E-state index contributed by atoms with van der Waals surface area (Å²) in [6, 6.07) is 0. The van der Waals surface area contributed by atoms with E-state index in [0.717, 1.165) is 0 Å². The zero-order valence-corrected chi connectivity index (χ0v) is 9.00. The van der Waals surface area contributed by atoms with E-state index in [9.17, 15) is 19.8 Å². The second-order valence-corrected chi connectivity index (χ2v) is 4.21. The number of likely N-dealkylation sites (tertiary alicyclic amines) is 2. The van der Waals surface area contributed by atoms with Crippen LogP contribution in [0.1, 0.15) is 25.7 Å². The largest absolute Gasteiger partial charge is 0.369 e. The van der Waals surface area contributed by atoms with E-state index in [2.05, 4.69) is 0 Å². The Labute approximate surface area is 93.4 Å². The summed E-state index contributed by atoms with van der Waals surface area (Å²) in [7, 11) is 0. The topological polar surface area (TPSA) is 81.1 Å². The lowest BCUT2D eigenvalue weighted by molar-refractivity contribution is -0.170. The Morgan fingerprint density at radius 3 is 1.50 bits per heavy atom. The van der Waals surface area contributed by atoms with Gasteiger partial charge in [0, 0.05) is 25.9 Å². The van der Waals surface area contributed by atoms with Crippen LogP contribution in [0.15, 0.2) is 0 Å². The van der Waals surface area contributed by atoms with Crippen molar-refractivity contribution in [2.45, 2.75) is 38.1 Å². The molecule has 0 aliphatic carbocycles. The predicted octanol–water partition coefficient (Wildman–Crippen LogP) is -1.13. The number of amides is 2. The molecule has 16 heavy (non-hydrogen) atoms. The molecule has 0 aromatic carbocycles. The molecule has 0 radical (unpaired) electrons. The van der Waals surface area contributed by atoms with Gasteiger partial charge < -0.3 is 20.0 Å². The molecule has 2 rings (SSSR count). The van der Waals surface area contributed by atoms with Crippen LogP contribution in [0.5, 0.6) is 0 Å². The standard InChI is InChI=1S/C10H16N2O4/c13-7-3-1-5-11(7)9(15)10(16)12-6-2-4-8(12)14/h9-10,15-16H,1-6H2/t9-,10-/m1/s1. The SMILES string of the molecule is O=C1CCCN1[C@H](O)[C@@H](O)N1CCCC1=O. The molecular weight excluding hydrogens is 212 g/mol. The summed E-state index contributed by atoms with van der Waals surface area (Å²) in [5.74, 6) is -0.337. The van der Waals surface area contributed by atoms with E-state index in [1.54, 1.807) is 0 Å². The van der Waals surface area contributed by atoms with Gasteiger partial charge >= 0.3 is 0 Å². The number of rotatable bonds is 3. The van der Waals surface area contributed by atoms with E-state index >= 15 is 0 Å². The third-order valence-corrected chi connectivity index (χ3v) is 3.13. The van der Waals surface area contributed by atoms with Gasteiger partial charge in [-0.1, -0.05) is 0 Å². The van der Waals surface area contributed by atoms with Gasteiger partial charge in [-0.15, -0.1) is 0 Å². The molecule has 2 N–H and O–H groups in total. The fourth-order valence-electron chi connectivity index (χ4n) is 2.22. The molecule has 0 spiro atoms. The van der Waals surface area contributed by atoms with Crippen molar-refractivity contribution in [3.63, 3.8) is 0 Å². The maximum atomic E-state index is 11.4. The van der Waals surface area contributed by atoms with Crippen LogP contribution in [-0.2, 0) is 9.59 Å². The minimum absolute atomic E-state index is 0.168. The van der Waals surface area contributed by atoms with Crippen LogP contribution >= 0.6 is 0 Å². The quantitative estimate of drug-likeness (QED) is 0.640. The fraction of sp³-hybridized carbons (Fsp3) is 0.800. The molecule has 2 aliphatic heterocycles. The van der Waals surface area contributed by atoms with Crippen molar-refractivity contribution in [2.75, 3.05) is 13.1 Å². The Morgan fingerprint density at radius 1 is 0.875 bits per heavy atom. The minimum Gasteiger partial charge on any atom is -0.369 e. The Balaban J connectivity index is 2.00. The van der Waals surface area contributed by atoms with Gasteiger partial charge in [-0.05, 0) is 12.8 Å². The van der Waals surface area contributed by atoms with Crippen molar-refractivity contribution >= 4 is 11.8 Å². The Bertz CT molecular complexity index is 277. The van der Waals surface area contributed by atoms with Gasteiger partial charge in [0.1, 0.15) is 0 Å². The first kappa shape index (κ1) is 11.3. The Morgan fingerprint density at radius 2 is 1.25 bits per heavy atom. The highest BCUT2D eigenvalue weighted by Crippen LogP contribution is 2.19. The van der Waals surface area contributed by atoms with Gasteiger partial charge in [0.15, 0.2) is 12.5 Å². The molecule has 6 nitrogen and oxygen atoms in total. The smallest absolute Gasteiger partial charge is 0.224 e. The third-order valence-electron chi connectivity index (χ3n) is 3.13. The first-order chi connectivity index (χ1) is 7.61. The van der Waals surface area contributed by atoms with Gasteiger partial charge in [0.2, 0.25) is 11.8 Å². The first-order valence-electron chi connectivity index (χ1n) is 5.56. The van der Waals surface area contributed by atoms with E-state index < -0.39 is 12.5 Å². The second-order valence-electron chi connectivity index (χ2n) is 4.21. The number of carbonyl (C=O) groups is 2. The maximum absolute atomic E-state index is 11.4. The molecule has 2 saturated heterocycles. The van der Waals surface area contributed by atoms with Crippen molar-refractivity contribution < 1.29 is 19.8 Å².